The Hall–Kier alpha value is -0.260. The number of rotatable bonds is 7. The molecule has 0 saturated heterocycles. The van der Waals surface area contributed by atoms with Gasteiger partial charge in [-0.05, 0) is 5.25 Å². The summed E-state index contributed by atoms with van der Waals surface area (Å²) in [5, 5.41) is 21.9. The number of aliphatic hydroxyl groups excluding tert-OH is 1. The molecule has 0 spiro atoms. The second-order valence-electron chi connectivity index (χ2n) is 4.09. The van der Waals surface area contributed by atoms with Crippen molar-refractivity contribution in [3.05, 3.63) is 0 Å². The topological polar surface area (TPSA) is 69.6 Å². The molecule has 3 N–H and O–H groups in total. The Kier molecular flexibility index (Phi) is 6.96. The smallest absolute Gasteiger partial charge is 0.323 e. The summed E-state index contributed by atoms with van der Waals surface area (Å²) in [7, 11) is 0. The monoisotopic (exact) mass is 235 g/mol. The van der Waals surface area contributed by atoms with E-state index in [2.05, 4.69) is 5.32 Å². The van der Waals surface area contributed by atoms with Crippen LogP contribution in [0.1, 0.15) is 27.7 Å². The van der Waals surface area contributed by atoms with Crippen LogP contribution in [-0.4, -0.2) is 45.4 Å². The van der Waals surface area contributed by atoms with Crippen LogP contribution in [0.3, 0.4) is 0 Å². The fraction of sp³-hybridized carbons (Fsp3) is 0.900. The number of carbonyl (C=O) groups is 1. The van der Waals surface area contributed by atoms with Crippen LogP contribution in [0.15, 0.2) is 0 Å². The third kappa shape index (κ3) is 6.76. The summed E-state index contributed by atoms with van der Waals surface area (Å²) in [6.45, 7) is 7.75. The van der Waals surface area contributed by atoms with Gasteiger partial charge in [-0.3, -0.25) is 10.1 Å². The standard InChI is InChI=1S/C10H21NO3S/c1-6(2)11-9(10(13)14)8(12)5-15-7(3)4/h6-9,11-12H,5H2,1-4H3,(H,13,14). The lowest BCUT2D eigenvalue weighted by Gasteiger charge is -2.22. The van der Waals surface area contributed by atoms with E-state index in [-0.39, 0.29) is 6.04 Å². The van der Waals surface area contributed by atoms with Crippen molar-refractivity contribution < 1.29 is 15.0 Å². The van der Waals surface area contributed by atoms with Crippen LogP contribution in [0.5, 0.6) is 0 Å². The molecule has 15 heavy (non-hydrogen) atoms. The van der Waals surface area contributed by atoms with Gasteiger partial charge in [0.05, 0.1) is 6.10 Å². The number of hydrogen-bond donors (Lipinski definition) is 3. The van der Waals surface area contributed by atoms with Crippen molar-refractivity contribution in [3.8, 4) is 0 Å². The normalized spacial score (nSPS) is 15.7. The summed E-state index contributed by atoms with van der Waals surface area (Å²) in [5.41, 5.74) is 0. The zero-order valence-electron chi connectivity index (χ0n) is 9.73. The maximum absolute atomic E-state index is 10.9. The predicted molar refractivity (Wildman–Crippen MR) is 63.3 cm³/mol. The number of thioether (sulfide) groups is 1. The SMILES string of the molecule is CC(C)NC(C(=O)O)C(O)CSC(C)C. The van der Waals surface area contributed by atoms with Crippen LogP contribution in [0.25, 0.3) is 0 Å². The van der Waals surface area contributed by atoms with Gasteiger partial charge in [-0.2, -0.15) is 11.8 Å². The van der Waals surface area contributed by atoms with Gasteiger partial charge in [-0.1, -0.05) is 27.7 Å². The van der Waals surface area contributed by atoms with Crippen molar-refractivity contribution in [2.24, 2.45) is 0 Å². The van der Waals surface area contributed by atoms with Crippen molar-refractivity contribution in [2.75, 3.05) is 5.75 Å². The third-order valence-corrected chi connectivity index (χ3v) is 2.96. The lowest BCUT2D eigenvalue weighted by Crippen LogP contribution is -2.49. The van der Waals surface area contributed by atoms with Gasteiger partial charge in [0.25, 0.3) is 0 Å². The third-order valence-electron chi connectivity index (χ3n) is 1.76. The number of hydrogen-bond acceptors (Lipinski definition) is 4. The van der Waals surface area contributed by atoms with E-state index in [9.17, 15) is 9.90 Å². The van der Waals surface area contributed by atoms with E-state index >= 15 is 0 Å². The van der Waals surface area contributed by atoms with Crippen LogP contribution in [-0.2, 0) is 4.79 Å². The summed E-state index contributed by atoms with van der Waals surface area (Å²) in [6.07, 6.45) is -0.850. The largest absolute Gasteiger partial charge is 0.480 e. The molecule has 0 aliphatic heterocycles. The predicted octanol–water partition coefficient (Wildman–Crippen LogP) is 0.940. The molecule has 0 aliphatic rings. The van der Waals surface area contributed by atoms with E-state index < -0.39 is 18.1 Å². The molecule has 0 aromatic heterocycles. The van der Waals surface area contributed by atoms with Gasteiger partial charge in [-0.15, -0.1) is 0 Å². The Morgan fingerprint density at radius 3 is 2.20 bits per heavy atom. The molecule has 0 rings (SSSR count). The maximum Gasteiger partial charge on any atom is 0.323 e. The highest BCUT2D eigenvalue weighted by Gasteiger charge is 2.26. The van der Waals surface area contributed by atoms with Gasteiger partial charge in [0.15, 0.2) is 0 Å². The molecular weight excluding hydrogens is 214 g/mol. The highest BCUT2D eigenvalue weighted by atomic mass is 32.2. The Morgan fingerprint density at radius 2 is 1.87 bits per heavy atom. The van der Waals surface area contributed by atoms with Gasteiger partial charge < -0.3 is 10.2 Å². The molecule has 0 aromatic rings. The van der Waals surface area contributed by atoms with Crippen LogP contribution < -0.4 is 5.32 Å². The summed E-state index contributed by atoms with van der Waals surface area (Å²) >= 11 is 1.56. The van der Waals surface area contributed by atoms with Gasteiger partial charge in [0.1, 0.15) is 6.04 Å². The fourth-order valence-electron chi connectivity index (χ4n) is 1.09. The maximum atomic E-state index is 10.9. The van der Waals surface area contributed by atoms with E-state index in [1.807, 2.05) is 27.7 Å². The first-order valence-corrected chi connectivity index (χ1v) is 6.18. The molecule has 2 atom stereocenters. The van der Waals surface area contributed by atoms with E-state index in [1.54, 1.807) is 11.8 Å². The zero-order chi connectivity index (χ0) is 12.0. The van der Waals surface area contributed by atoms with Crippen molar-refractivity contribution >= 4 is 17.7 Å². The number of nitrogens with one attached hydrogen (secondary N) is 1. The zero-order valence-corrected chi connectivity index (χ0v) is 10.5. The number of carboxylic acids is 1. The first-order chi connectivity index (χ1) is 6.84. The van der Waals surface area contributed by atoms with Crippen molar-refractivity contribution in [1.29, 1.82) is 0 Å². The first-order valence-electron chi connectivity index (χ1n) is 5.13. The lowest BCUT2D eigenvalue weighted by atomic mass is 10.1. The molecule has 90 valence electrons. The summed E-state index contributed by atoms with van der Waals surface area (Å²) < 4.78 is 0. The average Bonchev–Trinajstić information content (AvgIpc) is 2.09. The van der Waals surface area contributed by atoms with Crippen molar-refractivity contribution in [1.82, 2.24) is 5.32 Å². The Labute approximate surface area is 95.4 Å². The number of carboxylic acid groups (broad SMARTS) is 1. The molecule has 0 bridgehead atoms. The van der Waals surface area contributed by atoms with Crippen LogP contribution >= 0.6 is 11.8 Å². The Balaban J connectivity index is 4.16. The number of aliphatic carboxylic acids is 1. The average molecular weight is 235 g/mol. The molecule has 0 radical (unpaired) electrons. The van der Waals surface area contributed by atoms with E-state index in [0.29, 0.717) is 11.0 Å². The van der Waals surface area contributed by atoms with Crippen LogP contribution in [0.4, 0.5) is 0 Å². The highest BCUT2D eigenvalue weighted by molar-refractivity contribution is 7.99. The number of aliphatic hydroxyl groups is 1. The first kappa shape index (κ1) is 14.7. The molecule has 0 saturated carbocycles. The lowest BCUT2D eigenvalue weighted by molar-refractivity contribution is -0.142. The summed E-state index contributed by atoms with van der Waals surface area (Å²) in [4.78, 5) is 10.9. The van der Waals surface area contributed by atoms with E-state index in [0.717, 1.165) is 0 Å². The molecule has 0 heterocycles. The minimum absolute atomic E-state index is 0.0461. The van der Waals surface area contributed by atoms with Crippen molar-refractivity contribution in [2.45, 2.75) is 51.1 Å². The van der Waals surface area contributed by atoms with Crippen molar-refractivity contribution in [3.63, 3.8) is 0 Å². The fourth-order valence-corrected chi connectivity index (χ4v) is 1.87. The Morgan fingerprint density at radius 1 is 1.33 bits per heavy atom. The van der Waals surface area contributed by atoms with Gasteiger partial charge in [-0.25, -0.2) is 0 Å². The van der Waals surface area contributed by atoms with E-state index in [1.165, 1.54) is 0 Å². The van der Waals surface area contributed by atoms with Crippen LogP contribution in [0.2, 0.25) is 0 Å². The molecule has 0 fully saturated rings. The van der Waals surface area contributed by atoms with Crippen LogP contribution in [0, 0.1) is 0 Å². The molecule has 0 aliphatic carbocycles. The molecule has 4 nitrogen and oxygen atoms in total. The summed E-state index contributed by atoms with van der Waals surface area (Å²) in [6, 6.07) is -0.832. The molecular formula is C10H21NO3S. The molecule has 5 heteroatoms. The summed E-state index contributed by atoms with van der Waals surface area (Å²) in [5.74, 6) is -0.561. The minimum atomic E-state index is -0.999. The Bertz CT molecular complexity index is 197. The van der Waals surface area contributed by atoms with Gasteiger partial charge >= 0.3 is 5.97 Å². The van der Waals surface area contributed by atoms with Gasteiger partial charge in [0, 0.05) is 11.8 Å². The highest BCUT2D eigenvalue weighted by Crippen LogP contribution is 2.12. The van der Waals surface area contributed by atoms with E-state index in [4.69, 9.17) is 5.11 Å². The second kappa shape index (κ2) is 7.09. The molecule has 2 unspecified atom stereocenters. The van der Waals surface area contributed by atoms with Gasteiger partial charge in [0.2, 0.25) is 0 Å². The molecule has 0 amide bonds. The second-order valence-corrected chi connectivity index (χ2v) is 5.70. The molecule has 0 aromatic carbocycles. The quantitative estimate of drug-likeness (QED) is 0.612. The minimum Gasteiger partial charge on any atom is -0.480 e.